The number of hydrogen-bond donors (Lipinski definition) is 1. The van der Waals surface area contributed by atoms with Crippen LogP contribution in [0.1, 0.15) is 10.4 Å². The fourth-order valence-corrected chi connectivity index (χ4v) is 4.30. The number of carbonyl (C=O) groups is 3. The molecule has 0 aliphatic heterocycles. The highest BCUT2D eigenvalue weighted by Gasteiger charge is 2.28. The number of pyridine rings is 1. The van der Waals surface area contributed by atoms with E-state index in [0.29, 0.717) is 8.95 Å². The van der Waals surface area contributed by atoms with E-state index in [2.05, 4.69) is 69.8 Å². The van der Waals surface area contributed by atoms with Crippen LogP contribution in [-0.4, -0.2) is 70.7 Å². The number of urea groups is 2. The summed E-state index contributed by atoms with van der Waals surface area (Å²) in [4.78, 5) is 44.5. The quantitative estimate of drug-likeness (QED) is 0.316. The molecule has 35 heavy (non-hydrogen) atoms. The van der Waals surface area contributed by atoms with E-state index in [9.17, 15) is 14.4 Å². The molecule has 0 spiro atoms. The molecule has 0 unspecified atom stereocenters. The summed E-state index contributed by atoms with van der Waals surface area (Å²) in [5.41, 5.74) is 0.238. The Morgan fingerprint density at radius 2 is 1.80 bits per heavy atom. The van der Waals surface area contributed by atoms with Crippen LogP contribution in [0.5, 0.6) is 0 Å². The number of anilines is 2. The second-order valence-electron chi connectivity index (χ2n) is 7.02. The molecule has 1 aromatic heterocycles. The second kappa shape index (κ2) is 12.5. The van der Waals surface area contributed by atoms with Crippen molar-refractivity contribution in [1.82, 2.24) is 19.9 Å². The van der Waals surface area contributed by atoms with Gasteiger partial charge in [-0.3, -0.25) is 4.79 Å². The Labute approximate surface area is 232 Å². The van der Waals surface area contributed by atoms with Crippen molar-refractivity contribution >= 4 is 93.5 Å². The van der Waals surface area contributed by atoms with Crippen LogP contribution in [0.2, 0.25) is 5.02 Å². The van der Waals surface area contributed by atoms with E-state index in [1.165, 1.54) is 37.3 Å². The van der Waals surface area contributed by atoms with Crippen LogP contribution in [0.15, 0.2) is 57.2 Å². The minimum absolute atomic E-state index is 0.0556. The fourth-order valence-electron chi connectivity index (χ4n) is 2.62. The van der Waals surface area contributed by atoms with Gasteiger partial charge in [0.05, 0.1) is 16.3 Å². The number of nitrogens with zero attached hydrogens (tertiary/aromatic N) is 6. The van der Waals surface area contributed by atoms with Gasteiger partial charge in [-0.1, -0.05) is 34.1 Å². The molecule has 10 nitrogen and oxygen atoms in total. The molecular weight excluding hydrogens is 673 g/mol. The maximum atomic E-state index is 13.4. The summed E-state index contributed by atoms with van der Waals surface area (Å²) in [5, 5.41) is 10.2. The van der Waals surface area contributed by atoms with Gasteiger partial charge in [0.15, 0.2) is 5.82 Å². The zero-order valence-corrected chi connectivity index (χ0v) is 24.6. The molecule has 1 heterocycles. The first-order chi connectivity index (χ1) is 16.4. The van der Waals surface area contributed by atoms with Gasteiger partial charge in [-0.15, -0.1) is 0 Å². The minimum atomic E-state index is -0.762. The van der Waals surface area contributed by atoms with Gasteiger partial charge in [0, 0.05) is 43.3 Å². The topological polar surface area (TPSA) is 101 Å². The molecule has 0 aliphatic rings. The lowest BCUT2D eigenvalue weighted by Crippen LogP contribution is -2.49. The summed E-state index contributed by atoms with van der Waals surface area (Å²) in [7, 11) is 6.03. The number of allylic oxidation sites excluding steroid dienone is 1. The first-order valence-corrected chi connectivity index (χ1v) is 12.4. The number of aromatic nitrogens is 1. The van der Waals surface area contributed by atoms with Crippen molar-refractivity contribution in [3.8, 4) is 0 Å². The Kier molecular flexibility index (Phi) is 10.2. The van der Waals surface area contributed by atoms with Gasteiger partial charge in [0.1, 0.15) is 4.62 Å². The molecule has 1 N–H and O–H groups in total. The van der Waals surface area contributed by atoms with Crippen LogP contribution in [0.4, 0.5) is 21.1 Å². The molecule has 0 fully saturated rings. The van der Waals surface area contributed by atoms with Crippen LogP contribution < -0.4 is 10.3 Å². The largest absolute Gasteiger partial charge is 0.348 e. The number of nitrogens with one attached hydrogen (secondary N) is 1. The third-order valence-electron chi connectivity index (χ3n) is 4.42. The number of hydrazone groups is 1. The van der Waals surface area contributed by atoms with Gasteiger partial charge < -0.3 is 10.2 Å². The molecule has 186 valence electrons. The van der Waals surface area contributed by atoms with E-state index in [4.69, 9.17) is 11.6 Å². The predicted molar refractivity (Wildman–Crippen MR) is 148 cm³/mol. The summed E-state index contributed by atoms with van der Waals surface area (Å²) in [6.45, 7) is 3.61. The maximum Gasteiger partial charge on any atom is 0.348 e. The van der Waals surface area contributed by atoms with Crippen LogP contribution in [0.25, 0.3) is 0 Å². The first kappa shape index (κ1) is 28.8. The zero-order chi connectivity index (χ0) is 26.4. The van der Waals surface area contributed by atoms with E-state index < -0.39 is 18.0 Å². The Balaban J connectivity index is 2.53. The Hall–Kier alpha value is -2.48. The number of amides is 5. The molecule has 0 radical (unpaired) electrons. The molecule has 0 atom stereocenters. The zero-order valence-electron chi connectivity index (χ0n) is 19.1. The molecular formula is C21H21Br3ClN7O3. The average molecular weight is 695 g/mol. The standard InChI is InChI=1S/C21H21Br3ClN7O3/c1-6-16(24)28-32(18-15(25)8-7-9-26-18)20(34)27-17-13(10-12(22)11-14(17)23)19(33)30(4)31(5)21(35)29(2)3/h6-11H,1H2,2-5H3,(H,27,34)/b28-16+. The highest BCUT2D eigenvalue weighted by atomic mass is 79.9. The van der Waals surface area contributed by atoms with E-state index in [1.807, 2.05) is 0 Å². The molecule has 2 rings (SSSR count). The Morgan fingerprint density at radius 3 is 2.37 bits per heavy atom. The molecule has 0 aliphatic carbocycles. The van der Waals surface area contributed by atoms with Gasteiger partial charge in [-0.05, 0) is 62.2 Å². The van der Waals surface area contributed by atoms with Gasteiger partial charge in [0.25, 0.3) is 5.91 Å². The number of rotatable bonds is 5. The summed E-state index contributed by atoms with van der Waals surface area (Å²) in [5.74, 6) is -0.502. The Bertz CT molecular complexity index is 1190. The monoisotopic (exact) mass is 691 g/mol. The molecule has 0 saturated carbocycles. The normalized spacial score (nSPS) is 10.9. The minimum Gasteiger partial charge on any atom is -0.329 e. The van der Waals surface area contributed by atoms with Crippen molar-refractivity contribution in [2.45, 2.75) is 0 Å². The highest BCUT2D eigenvalue weighted by molar-refractivity contribution is 9.18. The summed E-state index contributed by atoms with van der Waals surface area (Å²) in [6, 6.07) is 5.16. The Morgan fingerprint density at radius 1 is 1.14 bits per heavy atom. The number of hydrogen-bond acceptors (Lipinski definition) is 5. The number of benzene rings is 1. The van der Waals surface area contributed by atoms with Crippen LogP contribution in [-0.2, 0) is 0 Å². The third kappa shape index (κ3) is 7.03. The SMILES string of the molecule is C=C/C(Br)=N\N(C(=O)Nc1c(Br)cc(Br)cc1C(=O)N(C)N(C)C(=O)N(C)C)c1ncccc1Cl. The summed E-state index contributed by atoms with van der Waals surface area (Å²) >= 11 is 16.2. The molecule has 5 amide bonds. The summed E-state index contributed by atoms with van der Waals surface area (Å²) < 4.78 is 1.21. The van der Waals surface area contributed by atoms with Crippen molar-refractivity contribution in [3.63, 3.8) is 0 Å². The average Bonchev–Trinajstić information content (AvgIpc) is 2.82. The number of hydrazine groups is 1. The lowest BCUT2D eigenvalue weighted by molar-refractivity contribution is 0.0323. The van der Waals surface area contributed by atoms with Crippen molar-refractivity contribution in [3.05, 3.63) is 62.6 Å². The van der Waals surface area contributed by atoms with E-state index in [0.717, 1.165) is 15.0 Å². The lowest BCUT2D eigenvalue weighted by Gasteiger charge is -2.31. The molecule has 1 aromatic carbocycles. The van der Waals surface area contributed by atoms with E-state index in [1.54, 1.807) is 32.3 Å². The smallest absolute Gasteiger partial charge is 0.329 e. The van der Waals surface area contributed by atoms with Crippen LogP contribution in [0, 0.1) is 0 Å². The molecule has 0 bridgehead atoms. The van der Waals surface area contributed by atoms with Crippen LogP contribution >= 0.6 is 59.4 Å². The van der Waals surface area contributed by atoms with Gasteiger partial charge >= 0.3 is 12.1 Å². The molecule has 14 heteroatoms. The van der Waals surface area contributed by atoms with Crippen molar-refractivity contribution in [2.75, 3.05) is 38.5 Å². The third-order valence-corrected chi connectivity index (χ3v) is 6.28. The van der Waals surface area contributed by atoms with Crippen molar-refractivity contribution in [2.24, 2.45) is 5.10 Å². The maximum absolute atomic E-state index is 13.4. The molecule has 0 saturated heterocycles. The second-order valence-corrected chi connectivity index (χ2v) is 10.0. The number of carbonyl (C=O) groups excluding carboxylic acids is 3. The first-order valence-electron chi connectivity index (χ1n) is 9.69. The van der Waals surface area contributed by atoms with Gasteiger partial charge in [-0.2, -0.15) is 10.1 Å². The summed E-state index contributed by atoms with van der Waals surface area (Å²) in [6.07, 6.45) is 2.84. The van der Waals surface area contributed by atoms with E-state index >= 15 is 0 Å². The fraction of sp³-hybridized carbons (Fsp3) is 0.190. The van der Waals surface area contributed by atoms with Crippen molar-refractivity contribution < 1.29 is 14.4 Å². The van der Waals surface area contributed by atoms with Gasteiger partial charge in [-0.25, -0.2) is 24.6 Å². The van der Waals surface area contributed by atoms with Crippen LogP contribution in [0.3, 0.4) is 0 Å². The van der Waals surface area contributed by atoms with E-state index in [-0.39, 0.29) is 26.7 Å². The van der Waals surface area contributed by atoms with Gasteiger partial charge in [0.2, 0.25) is 0 Å². The predicted octanol–water partition coefficient (Wildman–Crippen LogP) is 5.79. The number of halogens is 4. The lowest BCUT2D eigenvalue weighted by atomic mass is 10.1. The highest BCUT2D eigenvalue weighted by Crippen LogP contribution is 2.33. The molecule has 2 aromatic rings. The van der Waals surface area contributed by atoms with Crippen molar-refractivity contribution in [1.29, 1.82) is 0 Å².